The molecular formula is C16H26N2S. The lowest BCUT2D eigenvalue weighted by Gasteiger charge is -2.41. The Morgan fingerprint density at radius 2 is 2.11 bits per heavy atom. The SMILES string of the molecule is CN(C1CCCCC1CN)C(c1cccs1)C1CC1. The zero-order valence-corrected chi connectivity index (χ0v) is 12.7. The molecule has 2 nitrogen and oxygen atoms in total. The molecular weight excluding hydrogens is 252 g/mol. The molecule has 2 N–H and O–H groups in total. The Morgan fingerprint density at radius 3 is 2.74 bits per heavy atom. The first kappa shape index (κ1) is 13.6. The van der Waals surface area contributed by atoms with Gasteiger partial charge in [0.15, 0.2) is 0 Å². The quantitative estimate of drug-likeness (QED) is 0.891. The van der Waals surface area contributed by atoms with Crippen molar-refractivity contribution in [3.8, 4) is 0 Å². The molecule has 0 bridgehead atoms. The third kappa shape index (κ3) is 2.88. The molecule has 2 saturated carbocycles. The molecule has 2 aliphatic carbocycles. The van der Waals surface area contributed by atoms with Gasteiger partial charge in [-0.25, -0.2) is 0 Å². The summed E-state index contributed by atoms with van der Waals surface area (Å²) in [6.07, 6.45) is 8.24. The van der Waals surface area contributed by atoms with Crippen molar-refractivity contribution in [2.45, 2.75) is 50.6 Å². The van der Waals surface area contributed by atoms with Crippen molar-refractivity contribution in [1.82, 2.24) is 4.90 Å². The predicted molar refractivity (Wildman–Crippen MR) is 82.3 cm³/mol. The second-order valence-corrected chi connectivity index (χ2v) is 7.29. The maximum Gasteiger partial charge on any atom is 0.0469 e. The van der Waals surface area contributed by atoms with E-state index in [2.05, 4.69) is 29.5 Å². The Hall–Kier alpha value is -0.380. The van der Waals surface area contributed by atoms with Gasteiger partial charge in [0, 0.05) is 17.0 Å². The topological polar surface area (TPSA) is 29.3 Å². The third-order valence-electron chi connectivity index (χ3n) is 5.04. The molecule has 2 fully saturated rings. The minimum atomic E-state index is 0.650. The Labute approximate surface area is 121 Å². The summed E-state index contributed by atoms with van der Waals surface area (Å²) in [7, 11) is 2.35. The number of hydrogen-bond acceptors (Lipinski definition) is 3. The molecule has 1 aromatic rings. The van der Waals surface area contributed by atoms with Gasteiger partial charge in [0.2, 0.25) is 0 Å². The van der Waals surface area contributed by atoms with Crippen LogP contribution >= 0.6 is 11.3 Å². The minimum Gasteiger partial charge on any atom is -0.330 e. The van der Waals surface area contributed by atoms with Gasteiger partial charge in [0.1, 0.15) is 0 Å². The van der Waals surface area contributed by atoms with Crippen molar-refractivity contribution in [1.29, 1.82) is 0 Å². The first-order valence-corrected chi connectivity index (χ1v) is 8.64. The standard InChI is InChI=1S/C16H26N2S/c1-18(14-6-3-2-5-13(14)11-17)16(12-8-9-12)15-7-4-10-19-15/h4,7,10,12-14,16H,2-3,5-6,8-9,11,17H2,1H3. The Balaban J connectivity index is 1.77. The van der Waals surface area contributed by atoms with E-state index in [4.69, 9.17) is 5.73 Å². The van der Waals surface area contributed by atoms with Crippen LogP contribution < -0.4 is 5.73 Å². The molecule has 106 valence electrons. The smallest absolute Gasteiger partial charge is 0.0469 e. The van der Waals surface area contributed by atoms with E-state index < -0.39 is 0 Å². The number of thiophene rings is 1. The molecule has 0 aliphatic heterocycles. The van der Waals surface area contributed by atoms with Gasteiger partial charge in [0.05, 0.1) is 0 Å². The highest BCUT2D eigenvalue weighted by Crippen LogP contribution is 2.47. The highest BCUT2D eigenvalue weighted by molar-refractivity contribution is 7.10. The van der Waals surface area contributed by atoms with Gasteiger partial charge in [-0.3, -0.25) is 4.90 Å². The second-order valence-electron chi connectivity index (χ2n) is 6.31. The third-order valence-corrected chi connectivity index (χ3v) is 5.98. The molecule has 3 atom stereocenters. The summed E-state index contributed by atoms with van der Waals surface area (Å²) in [4.78, 5) is 4.24. The van der Waals surface area contributed by atoms with Crippen LogP contribution in [0.15, 0.2) is 17.5 Å². The van der Waals surface area contributed by atoms with Crippen LogP contribution in [0.3, 0.4) is 0 Å². The van der Waals surface area contributed by atoms with Gasteiger partial charge in [-0.1, -0.05) is 18.9 Å². The Kier molecular flexibility index (Phi) is 4.25. The van der Waals surface area contributed by atoms with Crippen molar-refractivity contribution in [2.75, 3.05) is 13.6 Å². The molecule has 3 heteroatoms. The molecule has 1 heterocycles. The van der Waals surface area contributed by atoms with Gasteiger partial charge in [-0.2, -0.15) is 0 Å². The van der Waals surface area contributed by atoms with Gasteiger partial charge < -0.3 is 5.73 Å². The maximum absolute atomic E-state index is 6.02. The molecule has 3 rings (SSSR count). The summed E-state index contributed by atoms with van der Waals surface area (Å²) in [5.41, 5.74) is 6.02. The van der Waals surface area contributed by atoms with E-state index in [0.717, 1.165) is 12.5 Å². The van der Waals surface area contributed by atoms with Crippen LogP contribution in [0.1, 0.15) is 49.4 Å². The normalized spacial score (nSPS) is 29.6. The largest absolute Gasteiger partial charge is 0.330 e. The van der Waals surface area contributed by atoms with E-state index >= 15 is 0 Å². The van der Waals surface area contributed by atoms with E-state index in [1.54, 1.807) is 4.88 Å². The van der Waals surface area contributed by atoms with Crippen molar-refractivity contribution in [2.24, 2.45) is 17.6 Å². The zero-order chi connectivity index (χ0) is 13.2. The van der Waals surface area contributed by atoms with Crippen molar-refractivity contribution in [3.05, 3.63) is 22.4 Å². The van der Waals surface area contributed by atoms with Crippen molar-refractivity contribution >= 4 is 11.3 Å². The highest BCUT2D eigenvalue weighted by atomic mass is 32.1. The molecule has 0 saturated heterocycles. The summed E-state index contributed by atoms with van der Waals surface area (Å²) in [5.74, 6) is 1.60. The molecule has 0 aromatic carbocycles. The molecule has 19 heavy (non-hydrogen) atoms. The number of rotatable bonds is 5. The van der Waals surface area contributed by atoms with Crippen LogP contribution in [-0.2, 0) is 0 Å². The molecule has 3 unspecified atom stereocenters. The maximum atomic E-state index is 6.02. The minimum absolute atomic E-state index is 0.650. The number of nitrogens with zero attached hydrogens (tertiary/aromatic N) is 1. The van der Waals surface area contributed by atoms with Crippen LogP contribution in [0.25, 0.3) is 0 Å². The average Bonchev–Trinajstić information content (AvgIpc) is 3.13. The molecule has 0 amide bonds. The second kappa shape index (κ2) is 5.94. The molecule has 1 aromatic heterocycles. The highest BCUT2D eigenvalue weighted by Gasteiger charge is 2.40. The van der Waals surface area contributed by atoms with E-state index in [-0.39, 0.29) is 0 Å². The monoisotopic (exact) mass is 278 g/mol. The van der Waals surface area contributed by atoms with Crippen molar-refractivity contribution < 1.29 is 0 Å². The Morgan fingerprint density at radius 1 is 1.32 bits per heavy atom. The van der Waals surface area contributed by atoms with Crippen LogP contribution in [0.5, 0.6) is 0 Å². The van der Waals surface area contributed by atoms with E-state index in [0.29, 0.717) is 18.0 Å². The fraction of sp³-hybridized carbons (Fsp3) is 0.750. The lowest BCUT2D eigenvalue weighted by molar-refractivity contribution is 0.0830. The summed E-state index contributed by atoms with van der Waals surface area (Å²) in [6.45, 7) is 0.858. The zero-order valence-electron chi connectivity index (χ0n) is 11.9. The van der Waals surface area contributed by atoms with E-state index in [9.17, 15) is 0 Å². The average molecular weight is 278 g/mol. The van der Waals surface area contributed by atoms with Crippen LogP contribution in [0, 0.1) is 11.8 Å². The summed E-state index contributed by atoms with van der Waals surface area (Å²) < 4.78 is 0. The van der Waals surface area contributed by atoms with Crippen LogP contribution in [0.4, 0.5) is 0 Å². The first-order chi connectivity index (χ1) is 9.31. The molecule has 0 spiro atoms. The predicted octanol–water partition coefficient (Wildman–Crippen LogP) is 3.65. The van der Waals surface area contributed by atoms with Gasteiger partial charge in [-0.15, -0.1) is 11.3 Å². The van der Waals surface area contributed by atoms with Crippen LogP contribution in [-0.4, -0.2) is 24.5 Å². The molecule has 2 aliphatic rings. The first-order valence-electron chi connectivity index (χ1n) is 7.76. The molecule has 0 radical (unpaired) electrons. The van der Waals surface area contributed by atoms with Gasteiger partial charge in [0.25, 0.3) is 0 Å². The van der Waals surface area contributed by atoms with Crippen molar-refractivity contribution in [3.63, 3.8) is 0 Å². The summed E-state index contributed by atoms with van der Waals surface area (Å²) in [6, 6.07) is 5.87. The lowest BCUT2D eigenvalue weighted by atomic mass is 9.83. The van der Waals surface area contributed by atoms with Gasteiger partial charge >= 0.3 is 0 Å². The van der Waals surface area contributed by atoms with E-state index in [1.165, 1.54) is 38.5 Å². The van der Waals surface area contributed by atoms with Gasteiger partial charge in [-0.05, 0) is 62.6 Å². The summed E-state index contributed by atoms with van der Waals surface area (Å²) >= 11 is 1.93. The van der Waals surface area contributed by atoms with Crippen LogP contribution in [0.2, 0.25) is 0 Å². The fourth-order valence-electron chi connectivity index (χ4n) is 3.84. The number of hydrogen-bond donors (Lipinski definition) is 1. The Bertz CT molecular complexity index is 385. The summed E-state index contributed by atoms with van der Waals surface area (Å²) in [5, 5.41) is 2.22. The number of nitrogens with two attached hydrogens (primary N) is 1. The fourth-order valence-corrected chi connectivity index (χ4v) is 4.81. The lowest BCUT2D eigenvalue weighted by Crippen LogP contribution is -2.45. The van der Waals surface area contributed by atoms with E-state index in [1.807, 2.05) is 11.3 Å².